The number of carbonyl (C=O) groups is 1. The SMILES string of the molecule is O=C(c1nc2cccnc2n(C2CC2)c1=O)N1CCC(c2ccccc2)CC1. The Balaban J connectivity index is 1.42. The minimum atomic E-state index is -0.302. The summed E-state index contributed by atoms with van der Waals surface area (Å²) in [7, 11) is 0. The number of carbonyl (C=O) groups excluding carboxylic acids is 1. The van der Waals surface area contributed by atoms with Crippen LogP contribution in [-0.4, -0.2) is 38.4 Å². The highest BCUT2D eigenvalue weighted by Gasteiger charge is 2.32. The number of likely N-dealkylation sites (tertiary alicyclic amines) is 1. The van der Waals surface area contributed by atoms with Gasteiger partial charge >= 0.3 is 0 Å². The first-order valence-electron chi connectivity index (χ1n) is 9.94. The van der Waals surface area contributed by atoms with Crippen molar-refractivity contribution < 1.29 is 4.79 Å². The fourth-order valence-electron chi connectivity index (χ4n) is 4.14. The van der Waals surface area contributed by atoms with Crippen molar-refractivity contribution in [3.8, 4) is 0 Å². The van der Waals surface area contributed by atoms with Crippen LogP contribution in [0.25, 0.3) is 11.2 Å². The van der Waals surface area contributed by atoms with Gasteiger partial charge in [-0.25, -0.2) is 9.97 Å². The van der Waals surface area contributed by atoms with Crippen molar-refractivity contribution in [1.29, 1.82) is 0 Å². The topological polar surface area (TPSA) is 68.1 Å². The molecular formula is C22H22N4O2. The van der Waals surface area contributed by atoms with Crippen molar-refractivity contribution in [2.45, 2.75) is 37.6 Å². The van der Waals surface area contributed by atoms with E-state index in [2.05, 4.69) is 34.2 Å². The Kier molecular flexibility index (Phi) is 4.19. The maximum Gasteiger partial charge on any atom is 0.284 e. The van der Waals surface area contributed by atoms with Gasteiger partial charge in [0.1, 0.15) is 5.52 Å². The molecule has 3 heterocycles. The largest absolute Gasteiger partial charge is 0.337 e. The second kappa shape index (κ2) is 6.86. The second-order valence-electron chi connectivity index (χ2n) is 7.69. The Bertz CT molecular complexity index is 1080. The van der Waals surface area contributed by atoms with Crippen LogP contribution in [0.15, 0.2) is 53.5 Å². The minimum Gasteiger partial charge on any atom is -0.337 e. The van der Waals surface area contributed by atoms with Gasteiger partial charge < -0.3 is 4.90 Å². The van der Waals surface area contributed by atoms with E-state index in [4.69, 9.17) is 0 Å². The lowest BCUT2D eigenvalue weighted by molar-refractivity contribution is 0.0705. The summed E-state index contributed by atoms with van der Waals surface area (Å²) in [5.41, 5.74) is 2.24. The Morgan fingerprint density at radius 1 is 0.964 bits per heavy atom. The molecule has 1 saturated heterocycles. The average molecular weight is 374 g/mol. The molecule has 6 heteroatoms. The third-order valence-corrected chi connectivity index (χ3v) is 5.82. The predicted molar refractivity (Wildman–Crippen MR) is 106 cm³/mol. The van der Waals surface area contributed by atoms with Gasteiger partial charge in [0.05, 0.1) is 0 Å². The van der Waals surface area contributed by atoms with Crippen molar-refractivity contribution in [2.75, 3.05) is 13.1 Å². The highest BCUT2D eigenvalue weighted by atomic mass is 16.2. The fourth-order valence-corrected chi connectivity index (χ4v) is 4.14. The van der Waals surface area contributed by atoms with Crippen LogP contribution < -0.4 is 5.56 Å². The molecule has 6 nitrogen and oxygen atoms in total. The molecule has 1 amide bonds. The molecule has 1 aliphatic carbocycles. The van der Waals surface area contributed by atoms with E-state index in [9.17, 15) is 9.59 Å². The lowest BCUT2D eigenvalue weighted by Gasteiger charge is -2.32. The Hall–Kier alpha value is -3.02. The fraction of sp³-hybridized carbons (Fsp3) is 0.364. The van der Waals surface area contributed by atoms with Gasteiger partial charge in [-0.1, -0.05) is 30.3 Å². The zero-order valence-electron chi connectivity index (χ0n) is 15.6. The Labute approximate surface area is 162 Å². The number of benzene rings is 1. The summed E-state index contributed by atoms with van der Waals surface area (Å²) in [6, 6.07) is 14.2. The summed E-state index contributed by atoms with van der Waals surface area (Å²) < 4.78 is 1.67. The third-order valence-electron chi connectivity index (χ3n) is 5.82. The summed E-state index contributed by atoms with van der Waals surface area (Å²) in [6.07, 6.45) is 5.37. The van der Waals surface area contributed by atoms with Crippen molar-refractivity contribution in [1.82, 2.24) is 19.4 Å². The van der Waals surface area contributed by atoms with Gasteiger partial charge in [0.15, 0.2) is 11.3 Å². The third kappa shape index (κ3) is 2.99. The zero-order chi connectivity index (χ0) is 19.1. The summed E-state index contributed by atoms with van der Waals surface area (Å²) >= 11 is 0. The number of hydrogen-bond donors (Lipinski definition) is 0. The van der Waals surface area contributed by atoms with E-state index in [1.165, 1.54) is 5.56 Å². The van der Waals surface area contributed by atoms with E-state index in [1.807, 2.05) is 12.1 Å². The van der Waals surface area contributed by atoms with E-state index in [-0.39, 0.29) is 23.2 Å². The quantitative estimate of drug-likeness (QED) is 0.706. The van der Waals surface area contributed by atoms with Gasteiger partial charge in [0.25, 0.3) is 11.5 Å². The molecule has 0 N–H and O–H groups in total. The van der Waals surface area contributed by atoms with E-state index >= 15 is 0 Å². The second-order valence-corrected chi connectivity index (χ2v) is 7.69. The molecule has 0 unspecified atom stereocenters. The van der Waals surface area contributed by atoms with Gasteiger partial charge in [-0.05, 0) is 49.3 Å². The first kappa shape index (κ1) is 17.1. The first-order chi connectivity index (χ1) is 13.7. The maximum atomic E-state index is 13.1. The van der Waals surface area contributed by atoms with Crippen LogP contribution >= 0.6 is 0 Å². The molecule has 0 radical (unpaired) electrons. The molecule has 1 aliphatic heterocycles. The first-order valence-corrected chi connectivity index (χ1v) is 9.94. The lowest BCUT2D eigenvalue weighted by Crippen LogP contribution is -2.42. The molecule has 0 spiro atoms. The van der Waals surface area contributed by atoms with Gasteiger partial charge in [0, 0.05) is 25.3 Å². The van der Waals surface area contributed by atoms with Gasteiger partial charge in [-0.3, -0.25) is 14.2 Å². The van der Waals surface area contributed by atoms with Crippen molar-refractivity contribution >= 4 is 17.1 Å². The smallest absolute Gasteiger partial charge is 0.284 e. The van der Waals surface area contributed by atoms with Crippen molar-refractivity contribution in [3.05, 3.63) is 70.3 Å². The number of fused-ring (bicyclic) bond motifs is 1. The molecular weight excluding hydrogens is 352 g/mol. The molecule has 2 fully saturated rings. The van der Waals surface area contributed by atoms with Crippen LogP contribution in [0.5, 0.6) is 0 Å². The van der Waals surface area contributed by atoms with Crippen molar-refractivity contribution in [3.63, 3.8) is 0 Å². The van der Waals surface area contributed by atoms with Crippen LogP contribution in [0.2, 0.25) is 0 Å². The normalized spacial score (nSPS) is 17.8. The summed E-state index contributed by atoms with van der Waals surface area (Å²) in [5, 5.41) is 0. The summed E-state index contributed by atoms with van der Waals surface area (Å²) in [5.74, 6) is 0.207. The molecule has 142 valence electrons. The van der Waals surface area contributed by atoms with Crippen LogP contribution in [0.1, 0.15) is 53.7 Å². The Morgan fingerprint density at radius 2 is 1.71 bits per heavy atom. The molecule has 0 atom stereocenters. The van der Waals surface area contributed by atoms with E-state index in [0.29, 0.717) is 30.2 Å². The highest BCUT2D eigenvalue weighted by molar-refractivity contribution is 5.93. The molecule has 5 rings (SSSR count). The number of aromatic nitrogens is 3. The van der Waals surface area contributed by atoms with Crippen LogP contribution in [0.3, 0.4) is 0 Å². The lowest BCUT2D eigenvalue weighted by atomic mass is 9.89. The van der Waals surface area contributed by atoms with Crippen LogP contribution in [-0.2, 0) is 0 Å². The molecule has 1 saturated carbocycles. The summed E-state index contributed by atoms with van der Waals surface area (Å²) in [4.78, 5) is 36.7. The maximum absolute atomic E-state index is 13.1. The van der Waals surface area contributed by atoms with Gasteiger partial charge in [-0.15, -0.1) is 0 Å². The number of piperidine rings is 1. The number of hydrogen-bond acceptors (Lipinski definition) is 4. The van der Waals surface area contributed by atoms with E-state index in [1.54, 1.807) is 21.7 Å². The van der Waals surface area contributed by atoms with Crippen LogP contribution in [0, 0.1) is 0 Å². The van der Waals surface area contributed by atoms with Crippen LogP contribution in [0.4, 0.5) is 0 Å². The molecule has 2 aromatic heterocycles. The van der Waals surface area contributed by atoms with E-state index < -0.39 is 0 Å². The number of pyridine rings is 1. The highest BCUT2D eigenvalue weighted by Crippen LogP contribution is 2.35. The monoisotopic (exact) mass is 374 g/mol. The number of amides is 1. The minimum absolute atomic E-state index is 0.0329. The summed E-state index contributed by atoms with van der Waals surface area (Å²) in [6.45, 7) is 1.29. The number of rotatable bonds is 3. The Morgan fingerprint density at radius 3 is 2.43 bits per heavy atom. The molecule has 0 bridgehead atoms. The average Bonchev–Trinajstić information content (AvgIpc) is 3.58. The number of nitrogens with zero attached hydrogens (tertiary/aromatic N) is 4. The zero-order valence-corrected chi connectivity index (χ0v) is 15.6. The molecule has 1 aromatic carbocycles. The van der Waals surface area contributed by atoms with Crippen molar-refractivity contribution in [2.24, 2.45) is 0 Å². The molecule has 3 aromatic rings. The molecule has 28 heavy (non-hydrogen) atoms. The van der Waals surface area contributed by atoms with Gasteiger partial charge in [0.2, 0.25) is 0 Å². The van der Waals surface area contributed by atoms with Gasteiger partial charge in [-0.2, -0.15) is 0 Å². The molecule has 2 aliphatic rings. The van der Waals surface area contributed by atoms with E-state index in [0.717, 1.165) is 25.7 Å². The standard InChI is InChI=1S/C22H22N4O2/c27-21(25-13-10-16(11-14-25)15-5-2-1-3-6-15)19-22(28)26(17-8-9-17)20-18(24-19)7-4-12-23-20/h1-7,12,16-17H,8-11,13-14H2. The predicted octanol–water partition coefficient (Wildman–Crippen LogP) is 3.15.